The molecule has 1 aromatic heterocycles. The topological polar surface area (TPSA) is 64.4 Å². The number of aromatic nitrogens is 1. The Bertz CT molecular complexity index is 1090. The molecule has 0 radical (unpaired) electrons. The molecule has 0 aliphatic carbocycles. The number of anilines is 1. The van der Waals surface area contributed by atoms with Crippen molar-refractivity contribution in [2.75, 3.05) is 5.32 Å². The van der Waals surface area contributed by atoms with Crippen LogP contribution < -0.4 is 10.1 Å². The second-order valence-corrected chi connectivity index (χ2v) is 7.18. The third-order valence-corrected chi connectivity index (χ3v) is 4.77. The Kier molecular flexibility index (Phi) is 6.07. The molecule has 5 nitrogen and oxygen atoms in total. The number of nitrogens with zero attached hydrogens (tertiary/aromatic N) is 1. The number of hydrogen-bond donors (Lipinski definition) is 1. The summed E-state index contributed by atoms with van der Waals surface area (Å²) in [6.45, 7) is 5.47. The van der Waals surface area contributed by atoms with Crippen molar-refractivity contribution < 1.29 is 27.2 Å². The minimum Gasteiger partial charge on any atom is -0.488 e. The first-order valence-electron chi connectivity index (χ1n) is 8.89. The lowest BCUT2D eigenvalue weighted by Gasteiger charge is -2.12. The maximum Gasteiger partial charge on any atom is 0.416 e. The minimum atomic E-state index is -4.57. The average molecular weight is 439 g/mol. The first-order chi connectivity index (χ1) is 14.1. The number of carbonyl (C=O) groups is 1. The fourth-order valence-corrected chi connectivity index (χ4v) is 2.99. The van der Waals surface area contributed by atoms with Crippen LogP contribution >= 0.6 is 11.6 Å². The van der Waals surface area contributed by atoms with Gasteiger partial charge in [0.05, 0.1) is 21.8 Å². The van der Waals surface area contributed by atoms with Gasteiger partial charge in [-0.3, -0.25) is 4.79 Å². The normalized spacial score (nSPS) is 11.4. The van der Waals surface area contributed by atoms with Gasteiger partial charge in [-0.05, 0) is 50.6 Å². The van der Waals surface area contributed by atoms with Gasteiger partial charge in [-0.15, -0.1) is 0 Å². The van der Waals surface area contributed by atoms with E-state index in [4.69, 9.17) is 20.9 Å². The lowest BCUT2D eigenvalue weighted by atomic mass is 10.1. The summed E-state index contributed by atoms with van der Waals surface area (Å²) in [6.07, 6.45) is -4.57. The van der Waals surface area contributed by atoms with E-state index in [1.54, 1.807) is 6.92 Å². The molecule has 0 unspecified atom stereocenters. The SMILES string of the molecule is Cc1ccc(OCc2c(C(=O)Nc3cc(C(F)(F)F)ccc3Cl)noc2C)c(C)c1. The fourth-order valence-electron chi connectivity index (χ4n) is 2.83. The van der Waals surface area contributed by atoms with Crippen molar-refractivity contribution in [3.8, 4) is 5.75 Å². The molecule has 1 N–H and O–H groups in total. The van der Waals surface area contributed by atoms with Gasteiger partial charge in [0.25, 0.3) is 5.91 Å². The van der Waals surface area contributed by atoms with Crippen LogP contribution in [0.15, 0.2) is 40.9 Å². The Morgan fingerprint density at radius 3 is 2.57 bits per heavy atom. The molecule has 1 heterocycles. The first-order valence-corrected chi connectivity index (χ1v) is 9.27. The van der Waals surface area contributed by atoms with Crippen molar-refractivity contribution in [3.63, 3.8) is 0 Å². The smallest absolute Gasteiger partial charge is 0.416 e. The molecular formula is C21H18ClF3N2O3. The van der Waals surface area contributed by atoms with E-state index in [1.807, 2.05) is 32.0 Å². The minimum absolute atomic E-state index is 0.00168. The van der Waals surface area contributed by atoms with E-state index in [0.29, 0.717) is 17.1 Å². The third kappa shape index (κ3) is 4.76. The molecule has 1 amide bonds. The predicted molar refractivity (Wildman–Crippen MR) is 106 cm³/mol. The number of nitrogens with one attached hydrogen (secondary N) is 1. The molecule has 0 saturated heterocycles. The van der Waals surface area contributed by atoms with E-state index in [9.17, 15) is 18.0 Å². The van der Waals surface area contributed by atoms with Crippen LogP contribution in [-0.2, 0) is 12.8 Å². The number of carbonyl (C=O) groups excluding carboxylic acids is 1. The largest absolute Gasteiger partial charge is 0.488 e. The zero-order chi connectivity index (χ0) is 22.1. The van der Waals surface area contributed by atoms with Gasteiger partial charge in [0, 0.05) is 0 Å². The summed E-state index contributed by atoms with van der Waals surface area (Å²) in [6, 6.07) is 8.33. The number of ether oxygens (including phenoxy) is 1. The van der Waals surface area contributed by atoms with E-state index in [2.05, 4.69) is 10.5 Å². The lowest BCUT2D eigenvalue weighted by molar-refractivity contribution is -0.137. The molecule has 0 saturated carbocycles. The molecule has 0 fully saturated rings. The summed E-state index contributed by atoms with van der Waals surface area (Å²) < 4.78 is 49.7. The van der Waals surface area contributed by atoms with Crippen LogP contribution in [0.1, 0.15) is 38.5 Å². The molecular weight excluding hydrogens is 421 g/mol. The molecule has 3 aromatic rings. The fraction of sp³-hybridized carbons (Fsp3) is 0.238. The molecule has 0 aliphatic heterocycles. The second kappa shape index (κ2) is 8.39. The Morgan fingerprint density at radius 1 is 1.17 bits per heavy atom. The van der Waals surface area contributed by atoms with Gasteiger partial charge in [-0.1, -0.05) is 34.5 Å². The highest BCUT2D eigenvalue weighted by Gasteiger charge is 2.31. The zero-order valence-corrected chi connectivity index (χ0v) is 17.1. The van der Waals surface area contributed by atoms with E-state index >= 15 is 0 Å². The molecule has 9 heteroatoms. The van der Waals surface area contributed by atoms with Crippen molar-refractivity contribution in [2.24, 2.45) is 0 Å². The maximum atomic E-state index is 12.9. The Labute approximate surface area is 175 Å². The molecule has 0 bridgehead atoms. The number of amides is 1. The highest BCUT2D eigenvalue weighted by atomic mass is 35.5. The van der Waals surface area contributed by atoms with Crippen LogP contribution in [0, 0.1) is 20.8 Å². The second-order valence-electron chi connectivity index (χ2n) is 6.77. The highest BCUT2D eigenvalue weighted by molar-refractivity contribution is 6.34. The van der Waals surface area contributed by atoms with Gasteiger partial charge in [0.1, 0.15) is 18.1 Å². The van der Waals surface area contributed by atoms with Gasteiger partial charge in [-0.25, -0.2) is 0 Å². The van der Waals surface area contributed by atoms with Gasteiger partial charge < -0.3 is 14.6 Å². The van der Waals surface area contributed by atoms with Crippen LogP contribution in [0.3, 0.4) is 0 Å². The number of hydrogen-bond acceptors (Lipinski definition) is 4. The van der Waals surface area contributed by atoms with Crippen LogP contribution in [0.2, 0.25) is 5.02 Å². The first kappa shape index (κ1) is 21.7. The number of aryl methyl sites for hydroxylation is 3. The van der Waals surface area contributed by atoms with Crippen LogP contribution in [0.25, 0.3) is 0 Å². The van der Waals surface area contributed by atoms with Gasteiger partial charge in [0.2, 0.25) is 0 Å². The molecule has 30 heavy (non-hydrogen) atoms. The van der Waals surface area contributed by atoms with Crippen molar-refractivity contribution in [2.45, 2.75) is 33.6 Å². The molecule has 2 aromatic carbocycles. The third-order valence-electron chi connectivity index (χ3n) is 4.44. The highest BCUT2D eigenvalue weighted by Crippen LogP contribution is 2.34. The molecule has 3 rings (SSSR count). The van der Waals surface area contributed by atoms with E-state index in [0.717, 1.165) is 29.3 Å². The summed E-state index contributed by atoms with van der Waals surface area (Å²) in [4.78, 5) is 12.7. The Hall–Kier alpha value is -3.00. The number of rotatable bonds is 5. The maximum absolute atomic E-state index is 12.9. The molecule has 0 aliphatic rings. The van der Waals surface area contributed by atoms with Gasteiger partial charge in [0.15, 0.2) is 5.69 Å². The van der Waals surface area contributed by atoms with E-state index < -0.39 is 17.6 Å². The predicted octanol–water partition coefficient (Wildman–Crippen LogP) is 6.10. The average Bonchev–Trinajstić information content (AvgIpc) is 3.02. The van der Waals surface area contributed by atoms with Gasteiger partial charge >= 0.3 is 6.18 Å². The Morgan fingerprint density at radius 2 is 1.90 bits per heavy atom. The van der Waals surface area contributed by atoms with Crippen LogP contribution in [0.5, 0.6) is 5.75 Å². The number of alkyl halides is 3. The van der Waals surface area contributed by atoms with Crippen LogP contribution in [-0.4, -0.2) is 11.1 Å². The summed E-state index contributed by atoms with van der Waals surface area (Å²) in [5.41, 5.74) is 1.18. The Balaban J connectivity index is 1.81. The van der Waals surface area contributed by atoms with E-state index in [-0.39, 0.29) is 23.0 Å². The summed E-state index contributed by atoms with van der Waals surface area (Å²) in [7, 11) is 0. The number of benzene rings is 2. The monoisotopic (exact) mass is 438 g/mol. The van der Waals surface area contributed by atoms with Crippen molar-refractivity contribution in [1.82, 2.24) is 5.16 Å². The van der Waals surface area contributed by atoms with Crippen molar-refractivity contribution in [1.29, 1.82) is 0 Å². The summed E-state index contributed by atoms with van der Waals surface area (Å²) in [5, 5.41) is 6.05. The van der Waals surface area contributed by atoms with Crippen molar-refractivity contribution in [3.05, 3.63) is 75.1 Å². The standard InChI is InChI=1S/C21H18ClF3N2O3/c1-11-4-7-18(12(2)8-11)29-10-15-13(3)30-27-19(15)20(28)26-17-9-14(21(23,24)25)5-6-16(17)22/h4-9H,10H2,1-3H3,(H,26,28). The quantitative estimate of drug-likeness (QED) is 0.522. The summed E-state index contributed by atoms with van der Waals surface area (Å²) >= 11 is 5.94. The molecule has 0 atom stereocenters. The van der Waals surface area contributed by atoms with Crippen LogP contribution in [0.4, 0.5) is 18.9 Å². The van der Waals surface area contributed by atoms with Gasteiger partial charge in [-0.2, -0.15) is 13.2 Å². The van der Waals surface area contributed by atoms with E-state index in [1.165, 1.54) is 0 Å². The number of halogens is 4. The zero-order valence-electron chi connectivity index (χ0n) is 16.4. The lowest BCUT2D eigenvalue weighted by Crippen LogP contribution is -2.16. The molecule has 158 valence electrons. The summed E-state index contributed by atoms with van der Waals surface area (Å²) in [5.74, 6) is 0.237. The van der Waals surface area contributed by atoms with Crippen molar-refractivity contribution >= 4 is 23.2 Å². The molecule has 0 spiro atoms.